The van der Waals surface area contributed by atoms with E-state index < -0.39 is 36.0 Å². The number of rotatable bonds is 19. The molecule has 6 atom stereocenters. The fourth-order valence-corrected chi connectivity index (χ4v) is 5.95. The second-order valence-corrected chi connectivity index (χ2v) is 11.7. The molecule has 0 spiro atoms. The van der Waals surface area contributed by atoms with Crippen LogP contribution in [0.2, 0.25) is 0 Å². The normalized spacial score (nSPS) is 17.0. The number of ether oxygens (including phenoxy) is 3. The van der Waals surface area contributed by atoms with E-state index >= 15 is 0 Å². The molecule has 3 amide bonds. The van der Waals surface area contributed by atoms with Crippen molar-refractivity contribution >= 4 is 23.7 Å². The molecular weight excluding hydrogens is 576 g/mol. The number of benzene rings is 1. The van der Waals surface area contributed by atoms with Gasteiger partial charge < -0.3 is 35.1 Å². The van der Waals surface area contributed by atoms with Crippen molar-refractivity contribution in [1.82, 2.24) is 15.1 Å². The van der Waals surface area contributed by atoms with Gasteiger partial charge in [-0.25, -0.2) is 4.79 Å². The molecule has 45 heavy (non-hydrogen) atoms. The molecule has 0 aromatic heterocycles. The van der Waals surface area contributed by atoms with Crippen LogP contribution in [0, 0.1) is 11.8 Å². The van der Waals surface area contributed by atoms with Gasteiger partial charge in [0.15, 0.2) is 0 Å². The van der Waals surface area contributed by atoms with Crippen molar-refractivity contribution in [2.24, 2.45) is 17.6 Å². The molecule has 1 aliphatic heterocycles. The summed E-state index contributed by atoms with van der Waals surface area (Å²) in [5, 5.41) is 2.83. The Morgan fingerprint density at radius 3 is 2.29 bits per heavy atom. The van der Waals surface area contributed by atoms with Crippen molar-refractivity contribution in [1.29, 1.82) is 0 Å². The van der Waals surface area contributed by atoms with Crippen LogP contribution in [0.25, 0.3) is 0 Å². The van der Waals surface area contributed by atoms with E-state index in [1.165, 1.54) is 14.2 Å². The zero-order chi connectivity index (χ0) is 33.5. The Hall–Kier alpha value is -3.28. The average molecular weight is 631 g/mol. The molecule has 3 N–H and O–H groups in total. The van der Waals surface area contributed by atoms with Gasteiger partial charge in [-0.1, -0.05) is 76.9 Å². The first-order valence-corrected chi connectivity index (χ1v) is 16.1. The summed E-state index contributed by atoms with van der Waals surface area (Å²) in [5.74, 6) is -1.95. The molecule has 1 aromatic carbocycles. The highest BCUT2D eigenvalue weighted by molar-refractivity contribution is 5.87. The number of methoxy groups -OCH3 is 3. The Bertz CT molecular complexity index is 1130. The quantitative estimate of drug-likeness (QED) is 0.222. The van der Waals surface area contributed by atoms with Crippen molar-refractivity contribution in [2.45, 2.75) is 90.5 Å². The molecular formula is C34H54N4O7. The molecule has 11 heteroatoms. The van der Waals surface area contributed by atoms with E-state index in [0.717, 1.165) is 24.8 Å². The molecule has 11 nitrogen and oxygen atoms in total. The van der Waals surface area contributed by atoms with E-state index in [2.05, 4.69) is 26.1 Å². The zero-order valence-corrected chi connectivity index (χ0v) is 28.1. The van der Waals surface area contributed by atoms with Gasteiger partial charge in [0, 0.05) is 39.4 Å². The van der Waals surface area contributed by atoms with Crippen LogP contribution in [0.3, 0.4) is 0 Å². The standard InChI is InChI=1S/C34H54N4O7/c1-8-10-18-38(30(40)22-35)31(23(3)9-2)28(43-5)21-29(39)37-19-14-17-27(37)32(44-6)24(4)33(41)36-26(34(42)45-7)20-25-15-12-11-13-16-25/h11-13,15-17,23-24,26,28,31-32H,8-10,14,18-22,35H2,1-7H3,(H,36,41)/t23-,24+,26+,28+,31-,32+/m0/s1. The number of hydrogen-bond donors (Lipinski definition) is 2. The molecule has 2 rings (SSSR count). The smallest absolute Gasteiger partial charge is 0.328 e. The van der Waals surface area contributed by atoms with Crippen LogP contribution in [-0.4, -0.2) is 98.7 Å². The monoisotopic (exact) mass is 630 g/mol. The number of nitrogens with two attached hydrogens (primary N) is 1. The molecule has 1 heterocycles. The van der Waals surface area contributed by atoms with E-state index in [9.17, 15) is 19.2 Å². The van der Waals surface area contributed by atoms with Gasteiger partial charge in [-0.15, -0.1) is 0 Å². The molecule has 0 unspecified atom stereocenters. The lowest BCUT2D eigenvalue weighted by Crippen LogP contribution is -2.54. The minimum absolute atomic E-state index is 0.0435. The molecule has 0 saturated carbocycles. The van der Waals surface area contributed by atoms with Gasteiger partial charge in [-0.05, 0) is 24.3 Å². The minimum atomic E-state index is -0.882. The lowest BCUT2D eigenvalue weighted by molar-refractivity contribution is -0.146. The number of nitrogens with zero attached hydrogens (tertiary/aromatic N) is 2. The number of amides is 3. The first kappa shape index (κ1) is 37.9. The Morgan fingerprint density at radius 2 is 1.73 bits per heavy atom. The maximum absolute atomic E-state index is 13.9. The number of hydrogen-bond acceptors (Lipinski definition) is 8. The molecule has 252 valence electrons. The Kier molecular flexibility index (Phi) is 16.2. The van der Waals surface area contributed by atoms with Crippen molar-refractivity contribution in [3.8, 4) is 0 Å². The van der Waals surface area contributed by atoms with Gasteiger partial charge in [0.2, 0.25) is 17.7 Å². The van der Waals surface area contributed by atoms with Crippen molar-refractivity contribution in [3.05, 3.63) is 47.7 Å². The van der Waals surface area contributed by atoms with Crippen LogP contribution in [0.5, 0.6) is 0 Å². The summed E-state index contributed by atoms with van der Waals surface area (Å²) in [7, 11) is 4.35. The van der Waals surface area contributed by atoms with E-state index in [1.54, 1.807) is 23.8 Å². The molecule has 0 aliphatic carbocycles. The summed E-state index contributed by atoms with van der Waals surface area (Å²) in [6.45, 7) is 8.76. The summed E-state index contributed by atoms with van der Waals surface area (Å²) >= 11 is 0. The molecule has 0 radical (unpaired) electrons. The van der Waals surface area contributed by atoms with Crippen LogP contribution in [0.4, 0.5) is 0 Å². The minimum Gasteiger partial charge on any atom is -0.467 e. The van der Waals surface area contributed by atoms with E-state index in [-0.39, 0.29) is 43.2 Å². The fraction of sp³-hybridized carbons (Fsp3) is 0.647. The lowest BCUT2D eigenvalue weighted by atomic mass is 9.90. The molecule has 1 aromatic rings. The largest absolute Gasteiger partial charge is 0.467 e. The first-order valence-electron chi connectivity index (χ1n) is 16.1. The van der Waals surface area contributed by atoms with Gasteiger partial charge in [0.05, 0.1) is 38.1 Å². The van der Waals surface area contributed by atoms with Gasteiger partial charge in [0.1, 0.15) is 12.1 Å². The number of carbonyl (C=O) groups is 4. The summed E-state index contributed by atoms with van der Waals surface area (Å²) in [4.78, 5) is 56.3. The predicted octanol–water partition coefficient (Wildman–Crippen LogP) is 3.06. The Balaban J connectivity index is 2.24. The van der Waals surface area contributed by atoms with Gasteiger partial charge in [-0.3, -0.25) is 14.4 Å². The van der Waals surface area contributed by atoms with Crippen molar-refractivity contribution in [3.63, 3.8) is 0 Å². The summed E-state index contributed by atoms with van der Waals surface area (Å²) in [6.07, 6.45) is 4.07. The molecule has 0 saturated heterocycles. The van der Waals surface area contributed by atoms with Crippen molar-refractivity contribution < 1.29 is 33.4 Å². The van der Waals surface area contributed by atoms with E-state index in [4.69, 9.17) is 19.9 Å². The summed E-state index contributed by atoms with van der Waals surface area (Å²) in [5.41, 5.74) is 7.27. The predicted molar refractivity (Wildman–Crippen MR) is 173 cm³/mol. The third kappa shape index (κ3) is 10.4. The molecule has 0 fully saturated rings. The summed E-state index contributed by atoms with van der Waals surface area (Å²) < 4.78 is 16.7. The van der Waals surface area contributed by atoms with E-state index in [1.807, 2.05) is 36.4 Å². The average Bonchev–Trinajstić information content (AvgIpc) is 3.54. The lowest BCUT2D eigenvalue weighted by Gasteiger charge is -2.40. The number of esters is 1. The van der Waals surface area contributed by atoms with Crippen LogP contribution >= 0.6 is 0 Å². The van der Waals surface area contributed by atoms with Crippen LogP contribution in [0.15, 0.2) is 42.1 Å². The van der Waals surface area contributed by atoms with Crippen molar-refractivity contribution in [2.75, 3.05) is 41.0 Å². The summed E-state index contributed by atoms with van der Waals surface area (Å²) in [6, 6.07) is 8.16. The number of nitrogens with one attached hydrogen (secondary N) is 1. The van der Waals surface area contributed by atoms with Crippen LogP contribution in [-0.2, 0) is 39.8 Å². The van der Waals surface area contributed by atoms with Crippen LogP contribution in [0.1, 0.15) is 65.4 Å². The zero-order valence-electron chi connectivity index (χ0n) is 28.1. The second-order valence-electron chi connectivity index (χ2n) is 11.7. The van der Waals surface area contributed by atoms with Gasteiger partial charge in [0.25, 0.3) is 0 Å². The molecule has 0 bridgehead atoms. The highest BCUT2D eigenvalue weighted by atomic mass is 16.5. The third-order valence-electron chi connectivity index (χ3n) is 8.71. The SMILES string of the molecule is CCCCN(C(=O)CN)[C@@H]([C@@H](C)CC)[C@@H](CC(=O)N1CCC=C1[C@H](OC)[C@@H](C)C(=O)N[C@H](Cc1ccccc1)C(=O)OC)OC. The van der Waals surface area contributed by atoms with Crippen LogP contribution < -0.4 is 11.1 Å². The van der Waals surface area contributed by atoms with Gasteiger partial charge >= 0.3 is 5.97 Å². The number of carbonyl (C=O) groups excluding carboxylic acids is 4. The molecule has 1 aliphatic rings. The first-order chi connectivity index (χ1) is 21.6. The number of unbranched alkanes of at least 4 members (excludes halogenated alkanes) is 1. The maximum atomic E-state index is 13.9. The third-order valence-corrected chi connectivity index (χ3v) is 8.71. The fourth-order valence-electron chi connectivity index (χ4n) is 5.95. The second kappa shape index (κ2) is 19.3. The highest BCUT2D eigenvalue weighted by Crippen LogP contribution is 2.29. The maximum Gasteiger partial charge on any atom is 0.328 e. The Morgan fingerprint density at radius 1 is 1.04 bits per heavy atom. The van der Waals surface area contributed by atoms with Gasteiger partial charge in [-0.2, -0.15) is 0 Å². The topological polar surface area (TPSA) is 140 Å². The highest BCUT2D eigenvalue weighted by Gasteiger charge is 2.39. The Labute approximate surface area is 268 Å². The van der Waals surface area contributed by atoms with E-state index in [0.29, 0.717) is 25.2 Å².